The first-order valence-corrected chi connectivity index (χ1v) is 10.1. The number of hydrogen-bond donors (Lipinski definition) is 0. The number of aromatic nitrogens is 3. The van der Waals surface area contributed by atoms with Crippen LogP contribution in [0, 0.1) is 6.92 Å². The van der Waals surface area contributed by atoms with Crippen molar-refractivity contribution in [1.82, 2.24) is 14.8 Å². The summed E-state index contributed by atoms with van der Waals surface area (Å²) in [6.45, 7) is 2.11. The molecule has 5 heteroatoms. The van der Waals surface area contributed by atoms with Crippen LogP contribution in [0.2, 0.25) is 0 Å². The Morgan fingerprint density at radius 3 is 2.39 bits per heavy atom. The molecule has 0 spiro atoms. The van der Waals surface area contributed by atoms with Crippen LogP contribution in [0.1, 0.15) is 11.1 Å². The molecule has 0 fully saturated rings. The van der Waals surface area contributed by atoms with Crippen molar-refractivity contribution in [3.8, 4) is 22.8 Å². The molecule has 0 N–H and O–H groups in total. The first-order chi connectivity index (χ1) is 13.7. The molecular formula is C23H21N3OS. The topological polar surface area (TPSA) is 39.9 Å². The molecule has 0 aliphatic heterocycles. The quantitative estimate of drug-likeness (QED) is 0.407. The van der Waals surface area contributed by atoms with E-state index in [9.17, 15) is 0 Å². The lowest BCUT2D eigenvalue weighted by Gasteiger charge is -2.11. The molecule has 0 aliphatic rings. The minimum Gasteiger partial charge on any atom is -0.497 e. The van der Waals surface area contributed by atoms with Gasteiger partial charge in [0.25, 0.3) is 0 Å². The summed E-state index contributed by atoms with van der Waals surface area (Å²) in [6, 6.07) is 26.7. The van der Waals surface area contributed by atoms with E-state index in [1.54, 1.807) is 18.9 Å². The maximum atomic E-state index is 5.30. The zero-order valence-corrected chi connectivity index (χ0v) is 16.7. The van der Waals surface area contributed by atoms with Crippen molar-refractivity contribution in [2.24, 2.45) is 0 Å². The molecule has 0 unspecified atom stereocenters. The van der Waals surface area contributed by atoms with Gasteiger partial charge in [-0.25, -0.2) is 0 Å². The monoisotopic (exact) mass is 387 g/mol. The second kappa shape index (κ2) is 8.31. The van der Waals surface area contributed by atoms with E-state index in [2.05, 4.69) is 58.1 Å². The second-order valence-corrected chi connectivity index (χ2v) is 7.43. The van der Waals surface area contributed by atoms with Gasteiger partial charge in [0, 0.05) is 17.0 Å². The fourth-order valence-electron chi connectivity index (χ4n) is 3.05. The van der Waals surface area contributed by atoms with Crippen LogP contribution < -0.4 is 4.74 Å². The third-order valence-corrected chi connectivity index (χ3v) is 5.45. The Labute approximate surface area is 169 Å². The van der Waals surface area contributed by atoms with E-state index in [1.165, 1.54) is 11.1 Å². The van der Waals surface area contributed by atoms with Gasteiger partial charge in [-0.1, -0.05) is 71.9 Å². The van der Waals surface area contributed by atoms with E-state index in [4.69, 9.17) is 4.74 Å². The Balaban J connectivity index is 1.72. The highest BCUT2D eigenvalue weighted by Gasteiger charge is 2.16. The van der Waals surface area contributed by atoms with Gasteiger partial charge in [-0.05, 0) is 36.8 Å². The predicted octanol–water partition coefficient (Wildman–Crippen LogP) is 5.54. The van der Waals surface area contributed by atoms with Gasteiger partial charge in [-0.3, -0.25) is 4.57 Å². The van der Waals surface area contributed by atoms with Gasteiger partial charge in [0.1, 0.15) is 5.75 Å². The maximum absolute atomic E-state index is 5.30. The zero-order chi connectivity index (χ0) is 19.3. The van der Waals surface area contributed by atoms with Gasteiger partial charge in [0.15, 0.2) is 11.0 Å². The molecule has 4 rings (SSSR count). The average Bonchev–Trinajstić information content (AvgIpc) is 3.17. The molecule has 4 nitrogen and oxygen atoms in total. The molecule has 0 aliphatic carbocycles. The molecular weight excluding hydrogens is 366 g/mol. The van der Waals surface area contributed by atoms with Crippen LogP contribution in [0.25, 0.3) is 17.1 Å². The summed E-state index contributed by atoms with van der Waals surface area (Å²) >= 11 is 1.69. The fraction of sp³-hybridized carbons (Fsp3) is 0.130. The first kappa shape index (κ1) is 18.3. The van der Waals surface area contributed by atoms with Gasteiger partial charge < -0.3 is 4.74 Å². The summed E-state index contributed by atoms with van der Waals surface area (Å²) in [7, 11) is 1.67. The third-order valence-electron chi connectivity index (χ3n) is 4.45. The number of nitrogens with zero attached hydrogens (tertiary/aromatic N) is 3. The highest BCUT2D eigenvalue weighted by Crippen LogP contribution is 2.30. The number of methoxy groups -OCH3 is 1. The molecule has 0 bridgehead atoms. The van der Waals surface area contributed by atoms with Crippen molar-refractivity contribution in [3.63, 3.8) is 0 Å². The van der Waals surface area contributed by atoms with Crippen LogP contribution in [0.5, 0.6) is 5.75 Å². The lowest BCUT2D eigenvalue weighted by molar-refractivity contribution is 0.414. The van der Waals surface area contributed by atoms with Gasteiger partial charge in [-0.2, -0.15) is 0 Å². The summed E-state index contributed by atoms with van der Waals surface area (Å²) in [5.41, 5.74) is 4.58. The fourth-order valence-corrected chi connectivity index (χ4v) is 3.95. The van der Waals surface area contributed by atoms with Gasteiger partial charge >= 0.3 is 0 Å². The van der Waals surface area contributed by atoms with E-state index in [0.29, 0.717) is 0 Å². The summed E-state index contributed by atoms with van der Waals surface area (Å²) < 4.78 is 7.41. The van der Waals surface area contributed by atoms with Crippen molar-refractivity contribution in [2.45, 2.75) is 17.8 Å². The highest BCUT2D eigenvalue weighted by molar-refractivity contribution is 7.98. The van der Waals surface area contributed by atoms with E-state index in [0.717, 1.165) is 33.7 Å². The minimum atomic E-state index is 0.826. The molecule has 4 aromatic rings. The van der Waals surface area contributed by atoms with Crippen molar-refractivity contribution in [3.05, 3.63) is 90.0 Å². The van der Waals surface area contributed by atoms with E-state index < -0.39 is 0 Å². The summed E-state index contributed by atoms with van der Waals surface area (Å²) in [5, 5.41) is 9.86. The first-order valence-electron chi connectivity index (χ1n) is 9.08. The minimum absolute atomic E-state index is 0.826. The number of ether oxygens (including phenoxy) is 1. The number of aryl methyl sites for hydroxylation is 1. The second-order valence-electron chi connectivity index (χ2n) is 6.48. The van der Waals surface area contributed by atoms with Crippen LogP contribution in [0.4, 0.5) is 0 Å². The Bertz CT molecular complexity index is 1060. The van der Waals surface area contributed by atoms with Crippen molar-refractivity contribution in [2.75, 3.05) is 7.11 Å². The van der Waals surface area contributed by atoms with E-state index in [-0.39, 0.29) is 0 Å². The SMILES string of the molecule is COc1ccc(-n2c(SCc3cccc(C)c3)nnc2-c2ccccc2)cc1. The number of hydrogen-bond acceptors (Lipinski definition) is 4. The maximum Gasteiger partial charge on any atom is 0.196 e. The van der Waals surface area contributed by atoms with E-state index >= 15 is 0 Å². The lowest BCUT2D eigenvalue weighted by atomic mass is 10.2. The molecule has 1 heterocycles. The molecule has 1 aromatic heterocycles. The number of benzene rings is 3. The van der Waals surface area contributed by atoms with Crippen LogP contribution in [-0.4, -0.2) is 21.9 Å². The summed E-state index contributed by atoms with van der Waals surface area (Å²) in [4.78, 5) is 0. The van der Waals surface area contributed by atoms with Gasteiger partial charge in [0.2, 0.25) is 0 Å². The molecule has 0 amide bonds. The summed E-state index contributed by atoms with van der Waals surface area (Å²) in [6.07, 6.45) is 0. The average molecular weight is 388 g/mol. The van der Waals surface area contributed by atoms with Crippen molar-refractivity contribution >= 4 is 11.8 Å². The Hall–Kier alpha value is -3.05. The van der Waals surface area contributed by atoms with E-state index in [1.807, 2.05) is 42.5 Å². The molecule has 0 saturated carbocycles. The van der Waals surface area contributed by atoms with Gasteiger partial charge in [0.05, 0.1) is 7.11 Å². The normalized spacial score (nSPS) is 10.8. The number of thioether (sulfide) groups is 1. The lowest BCUT2D eigenvalue weighted by Crippen LogP contribution is -2.00. The standard InChI is InChI=1S/C23H21N3OS/c1-17-7-6-8-18(15-17)16-28-23-25-24-22(19-9-4-3-5-10-19)26(23)20-11-13-21(27-2)14-12-20/h3-15H,16H2,1-2H3. The molecule has 140 valence electrons. The Morgan fingerprint density at radius 2 is 1.68 bits per heavy atom. The van der Waals surface area contributed by atoms with Crippen LogP contribution in [0.15, 0.2) is 84.0 Å². The van der Waals surface area contributed by atoms with Crippen LogP contribution >= 0.6 is 11.8 Å². The Kier molecular flexibility index (Phi) is 5.44. The highest BCUT2D eigenvalue weighted by atomic mass is 32.2. The largest absolute Gasteiger partial charge is 0.497 e. The number of rotatable bonds is 6. The van der Waals surface area contributed by atoms with Crippen molar-refractivity contribution < 1.29 is 4.74 Å². The third kappa shape index (κ3) is 3.94. The summed E-state index contributed by atoms with van der Waals surface area (Å²) in [5.74, 6) is 2.50. The van der Waals surface area contributed by atoms with Gasteiger partial charge in [-0.15, -0.1) is 10.2 Å². The molecule has 28 heavy (non-hydrogen) atoms. The van der Waals surface area contributed by atoms with Crippen LogP contribution in [0.3, 0.4) is 0 Å². The molecule has 0 atom stereocenters. The predicted molar refractivity (Wildman–Crippen MR) is 114 cm³/mol. The molecule has 0 radical (unpaired) electrons. The Morgan fingerprint density at radius 1 is 0.893 bits per heavy atom. The molecule has 0 saturated heterocycles. The van der Waals surface area contributed by atoms with Crippen LogP contribution in [-0.2, 0) is 5.75 Å². The van der Waals surface area contributed by atoms with Crippen molar-refractivity contribution in [1.29, 1.82) is 0 Å². The smallest absolute Gasteiger partial charge is 0.196 e. The zero-order valence-electron chi connectivity index (χ0n) is 15.9. The molecule has 3 aromatic carbocycles.